The molecule has 0 spiro atoms. The van der Waals surface area contributed by atoms with Crippen molar-refractivity contribution in [1.29, 1.82) is 0 Å². The van der Waals surface area contributed by atoms with E-state index >= 15 is 0 Å². The third kappa shape index (κ3) is 6.05. The molecule has 1 rings (SSSR count). The van der Waals surface area contributed by atoms with Crippen molar-refractivity contribution in [3.8, 4) is 0 Å². The Bertz CT molecular complexity index is 367. The second kappa shape index (κ2) is 7.68. The van der Waals surface area contributed by atoms with Crippen LogP contribution in [0.3, 0.4) is 0 Å². The molecular formula is C11H18BrN3OS. The third-order valence-corrected chi connectivity index (χ3v) is 3.98. The first-order chi connectivity index (χ1) is 8.11. The van der Waals surface area contributed by atoms with E-state index in [-0.39, 0.29) is 0 Å². The molecule has 0 aliphatic rings. The van der Waals surface area contributed by atoms with Crippen molar-refractivity contribution >= 4 is 33.1 Å². The molecule has 0 unspecified atom stereocenters. The fourth-order valence-corrected chi connectivity index (χ4v) is 2.76. The van der Waals surface area contributed by atoms with E-state index in [9.17, 15) is 0 Å². The number of oxime groups is 1. The lowest BCUT2D eigenvalue weighted by Gasteiger charge is -2.15. The highest BCUT2D eigenvalue weighted by molar-refractivity contribution is 9.11. The first-order valence-corrected chi connectivity index (χ1v) is 7.17. The Kier molecular flexibility index (Phi) is 6.54. The highest BCUT2D eigenvalue weighted by Gasteiger charge is 2.03. The predicted octanol–water partition coefficient (Wildman–Crippen LogP) is 2.86. The van der Waals surface area contributed by atoms with Gasteiger partial charge in [0.05, 0.1) is 3.79 Å². The fraction of sp³-hybridized carbons (Fsp3) is 0.545. The lowest BCUT2D eigenvalue weighted by Crippen LogP contribution is -2.19. The van der Waals surface area contributed by atoms with Gasteiger partial charge in [-0.15, -0.1) is 11.3 Å². The van der Waals surface area contributed by atoms with Crippen LogP contribution in [0.2, 0.25) is 0 Å². The Morgan fingerprint density at radius 2 is 2.35 bits per heavy atom. The van der Waals surface area contributed by atoms with Gasteiger partial charge in [0, 0.05) is 13.0 Å². The van der Waals surface area contributed by atoms with Crippen molar-refractivity contribution < 1.29 is 5.21 Å². The number of rotatable bonds is 7. The molecule has 1 heterocycles. The molecule has 6 heteroatoms. The second-order valence-electron chi connectivity index (χ2n) is 4.05. The fourth-order valence-electron chi connectivity index (χ4n) is 1.56. The number of amidine groups is 1. The number of hydrogen-bond acceptors (Lipinski definition) is 4. The van der Waals surface area contributed by atoms with E-state index in [1.165, 1.54) is 9.35 Å². The van der Waals surface area contributed by atoms with E-state index < -0.39 is 0 Å². The van der Waals surface area contributed by atoms with Gasteiger partial charge in [-0.25, -0.2) is 0 Å². The molecule has 4 nitrogen and oxygen atoms in total. The standard InChI is InChI=1S/C11H18BrN3OS/c1-15(5-3-2-4-11(13)14-16)7-9-6-10(12)17-8-9/h6,8,16H,2-5,7H2,1H3,(H2,13,14). The van der Waals surface area contributed by atoms with Gasteiger partial charge in [0.25, 0.3) is 0 Å². The van der Waals surface area contributed by atoms with Crippen LogP contribution in [0.5, 0.6) is 0 Å². The third-order valence-electron chi connectivity index (χ3n) is 2.43. The van der Waals surface area contributed by atoms with Crippen LogP contribution < -0.4 is 5.73 Å². The van der Waals surface area contributed by atoms with E-state index in [1.807, 2.05) is 0 Å². The van der Waals surface area contributed by atoms with Gasteiger partial charge in [-0.05, 0) is 59.4 Å². The Balaban J connectivity index is 2.15. The lowest BCUT2D eigenvalue weighted by atomic mass is 10.2. The van der Waals surface area contributed by atoms with Crippen molar-refractivity contribution in [3.63, 3.8) is 0 Å². The SMILES string of the molecule is CN(CCCC/C(N)=N/O)Cc1csc(Br)c1. The predicted molar refractivity (Wildman–Crippen MR) is 75.6 cm³/mol. The van der Waals surface area contributed by atoms with Crippen molar-refractivity contribution in [2.75, 3.05) is 13.6 Å². The van der Waals surface area contributed by atoms with Crippen LogP contribution in [0.15, 0.2) is 20.4 Å². The van der Waals surface area contributed by atoms with Gasteiger partial charge >= 0.3 is 0 Å². The van der Waals surface area contributed by atoms with E-state index in [1.54, 1.807) is 11.3 Å². The summed E-state index contributed by atoms with van der Waals surface area (Å²) in [6.07, 6.45) is 2.67. The number of nitrogens with two attached hydrogens (primary N) is 1. The van der Waals surface area contributed by atoms with Gasteiger partial charge in [0.2, 0.25) is 0 Å². The molecule has 0 bridgehead atoms. The minimum atomic E-state index is 0.314. The summed E-state index contributed by atoms with van der Waals surface area (Å²) in [7, 11) is 2.11. The molecule has 1 aromatic heterocycles. The summed E-state index contributed by atoms with van der Waals surface area (Å²) in [5.41, 5.74) is 6.73. The summed E-state index contributed by atoms with van der Waals surface area (Å²) in [4.78, 5) is 2.28. The molecule has 0 aliphatic heterocycles. The molecule has 0 aliphatic carbocycles. The number of hydrogen-bond donors (Lipinski definition) is 2. The highest BCUT2D eigenvalue weighted by Crippen LogP contribution is 2.21. The molecule has 96 valence electrons. The maximum Gasteiger partial charge on any atom is 0.139 e. The van der Waals surface area contributed by atoms with Crippen LogP contribution in [0, 0.1) is 0 Å². The average Bonchev–Trinajstić information content (AvgIpc) is 2.69. The summed E-state index contributed by atoms with van der Waals surface area (Å²) in [5, 5.41) is 13.5. The summed E-state index contributed by atoms with van der Waals surface area (Å²) >= 11 is 5.17. The molecular weight excluding hydrogens is 302 g/mol. The van der Waals surface area contributed by atoms with E-state index in [0.29, 0.717) is 12.3 Å². The first-order valence-electron chi connectivity index (χ1n) is 5.49. The molecule has 1 aromatic rings. The van der Waals surface area contributed by atoms with Gasteiger partial charge in [0.1, 0.15) is 5.84 Å². The molecule has 0 saturated heterocycles. The normalized spacial score (nSPS) is 12.3. The summed E-state index contributed by atoms with van der Waals surface area (Å²) < 4.78 is 1.17. The Labute approximate surface area is 114 Å². The average molecular weight is 320 g/mol. The zero-order chi connectivity index (χ0) is 12.7. The van der Waals surface area contributed by atoms with Crippen LogP contribution in [0.1, 0.15) is 24.8 Å². The number of unbranched alkanes of at least 4 members (excludes halogenated alkanes) is 1. The van der Waals surface area contributed by atoms with Crippen LogP contribution in [-0.2, 0) is 6.54 Å². The zero-order valence-electron chi connectivity index (χ0n) is 9.90. The summed E-state index contributed by atoms with van der Waals surface area (Å²) in [5.74, 6) is 0.314. The minimum absolute atomic E-state index is 0.314. The molecule has 0 amide bonds. The zero-order valence-corrected chi connectivity index (χ0v) is 12.3. The van der Waals surface area contributed by atoms with Gasteiger partial charge in [0.15, 0.2) is 0 Å². The molecule has 17 heavy (non-hydrogen) atoms. The largest absolute Gasteiger partial charge is 0.409 e. The molecule has 0 radical (unpaired) electrons. The van der Waals surface area contributed by atoms with Crippen LogP contribution >= 0.6 is 27.3 Å². The number of nitrogens with zero attached hydrogens (tertiary/aromatic N) is 2. The van der Waals surface area contributed by atoms with E-state index in [4.69, 9.17) is 10.9 Å². The van der Waals surface area contributed by atoms with Crippen molar-refractivity contribution in [3.05, 3.63) is 20.8 Å². The van der Waals surface area contributed by atoms with E-state index in [0.717, 1.165) is 25.9 Å². The van der Waals surface area contributed by atoms with Crippen LogP contribution in [-0.4, -0.2) is 29.5 Å². The van der Waals surface area contributed by atoms with Gasteiger partial charge < -0.3 is 15.8 Å². The minimum Gasteiger partial charge on any atom is -0.409 e. The van der Waals surface area contributed by atoms with Gasteiger partial charge in [-0.3, -0.25) is 0 Å². The molecule has 0 aromatic carbocycles. The topological polar surface area (TPSA) is 61.8 Å². The second-order valence-corrected chi connectivity index (χ2v) is 6.34. The molecule has 0 fully saturated rings. The summed E-state index contributed by atoms with van der Waals surface area (Å²) in [6, 6.07) is 2.15. The maximum atomic E-state index is 8.39. The molecule has 0 atom stereocenters. The van der Waals surface area contributed by atoms with Crippen molar-refractivity contribution in [1.82, 2.24) is 4.90 Å². The van der Waals surface area contributed by atoms with E-state index in [2.05, 4.69) is 44.5 Å². The van der Waals surface area contributed by atoms with Crippen LogP contribution in [0.25, 0.3) is 0 Å². The van der Waals surface area contributed by atoms with Crippen molar-refractivity contribution in [2.24, 2.45) is 10.9 Å². The molecule has 3 N–H and O–H groups in total. The Morgan fingerprint density at radius 3 is 2.94 bits per heavy atom. The quantitative estimate of drug-likeness (QED) is 0.267. The number of halogens is 1. The number of thiophene rings is 1. The monoisotopic (exact) mass is 319 g/mol. The highest BCUT2D eigenvalue weighted by atomic mass is 79.9. The smallest absolute Gasteiger partial charge is 0.139 e. The summed E-state index contributed by atoms with van der Waals surface area (Å²) in [6.45, 7) is 1.98. The lowest BCUT2D eigenvalue weighted by molar-refractivity contribution is 0.312. The van der Waals surface area contributed by atoms with Gasteiger partial charge in [-0.1, -0.05) is 5.16 Å². The molecule has 0 saturated carbocycles. The van der Waals surface area contributed by atoms with Gasteiger partial charge in [-0.2, -0.15) is 0 Å². The van der Waals surface area contributed by atoms with Crippen molar-refractivity contribution in [2.45, 2.75) is 25.8 Å². The van der Waals surface area contributed by atoms with Crippen LogP contribution in [0.4, 0.5) is 0 Å². The Hall–Kier alpha value is -0.590. The first kappa shape index (κ1) is 14.5. The maximum absolute atomic E-state index is 8.39. The Morgan fingerprint density at radius 1 is 1.59 bits per heavy atom.